The maximum atomic E-state index is 4.99. The van der Waals surface area contributed by atoms with Gasteiger partial charge >= 0.3 is 0 Å². The van der Waals surface area contributed by atoms with Gasteiger partial charge in [-0.05, 0) is 4.82 Å². The molecule has 0 amide bonds. The minimum Gasteiger partial charge on any atom is -0.415 e. The van der Waals surface area contributed by atoms with Crippen LogP contribution in [0.15, 0.2) is 10.5 Å². The molecule has 0 aromatic heterocycles. The van der Waals surface area contributed by atoms with Crippen LogP contribution in [0.2, 0.25) is 0 Å². The van der Waals surface area contributed by atoms with Crippen LogP contribution in [0.4, 0.5) is 0 Å². The first-order chi connectivity index (χ1) is 5.35. The fourth-order valence-corrected chi connectivity index (χ4v) is 2.70. The Morgan fingerprint density at radius 3 is 1.91 bits per heavy atom. The van der Waals surface area contributed by atoms with Crippen molar-refractivity contribution < 1.29 is 13.3 Å². The molecular weight excluding hydrogens is 192 g/mol. The molecule has 3 nitrogen and oxygen atoms in total. The smallest absolute Gasteiger partial charge is 0.260 e. The normalized spacial score (nSPS) is 9.73. The van der Waals surface area contributed by atoms with Crippen molar-refractivity contribution in [2.45, 2.75) is 0 Å². The van der Waals surface area contributed by atoms with E-state index in [0.29, 0.717) is 29.3 Å². The van der Waals surface area contributed by atoms with Crippen LogP contribution in [0.3, 0.4) is 0 Å². The maximum Gasteiger partial charge on any atom is 0.260 e. The summed E-state index contributed by atoms with van der Waals surface area (Å²) in [5, 5.41) is 0. The molecule has 6 radical (unpaired) electrons. The van der Waals surface area contributed by atoms with Crippen molar-refractivity contribution in [3.63, 3.8) is 0 Å². The summed E-state index contributed by atoms with van der Waals surface area (Å²) in [5.41, 5.74) is 2.02. The van der Waals surface area contributed by atoms with Crippen LogP contribution in [0.25, 0.3) is 0 Å². The van der Waals surface area contributed by atoms with Gasteiger partial charge in [-0.3, -0.25) is 0 Å². The third-order valence-corrected chi connectivity index (χ3v) is 3.71. The maximum absolute atomic E-state index is 4.99. The molecule has 6 heteroatoms. The number of hydrogen-bond acceptors (Lipinski definition) is 3. The average Bonchev–Trinajstić information content (AvgIpc) is 2.01. The topological polar surface area (TPSA) is 27.7 Å². The Labute approximate surface area is 74.9 Å². The third-order valence-electron chi connectivity index (χ3n) is 0.745. The second-order valence-corrected chi connectivity index (χ2v) is 5.23. The zero-order chi connectivity index (χ0) is 8.53. The van der Waals surface area contributed by atoms with E-state index in [9.17, 15) is 0 Å². The Hall–Kier alpha value is 0.271. The summed E-state index contributed by atoms with van der Waals surface area (Å²) in [5.74, 6) is 0. The lowest BCUT2D eigenvalue weighted by molar-refractivity contribution is 0.436. The lowest BCUT2D eigenvalue weighted by Gasteiger charge is -1.99. The predicted molar refractivity (Wildman–Crippen MR) is 46.4 cm³/mol. The van der Waals surface area contributed by atoms with Gasteiger partial charge < -0.3 is 13.3 Å². The fourth-order valence-electron chi connectivity index (χ4n) is 0.418. The van der Waals surface area contributed by atoms with Crippen LogP contribution in [0, 0.1) is 0 Å². The highest BCUT2D eigenvalue weighted by Gasteiger charge is 2.00. The molecule has 0 aliphatic heterocycles. The van der Waals surface area contributed by atoms with Gasteiger partial charge in [0.1, 0.15) is 0 Å². The first-order valence-electron chi connectivity index (χ1n) is 2.91. The van der Waals surface area contributed by atoms with Gasteiger partial charge in [-0.2, -0.15) is 0 Å². The molecule has 0 aromatic rings. The molecule has 0 aromatic carbocycles. The van der Waals surface area contributed by atoms with Gasteiger partial charge in [0.25, 0.3) is 29.3 Å². The van der Waals surface area contributed by atoms with Crippen LogP contribution < -0.4 is 0 Å². The van der Waals surface area contributed by atoms with E-state index in [1.165, 1.54) is 4.82 Å². The molecule has 0 rings (SSSR count). The first-order valence-corrected chi connectivity index (χ1v) is 5.72. The quantitative estimate of drug-likeness (QED) is 0.548. The van der Waals surface area contributed by atoms with Gasteiger partial charge in [-0.1, -0.05) is 5.70 Å². The second-order valence-electron chi connectivity index (χ2n) is 1.49. The van der Waals surface area contributed by atoms with Gasteiger partial charge in [0, 0.05) is 21.3 Å². The highest BCUT2D eigenvalue weighted by atomic mass is 28.3. The van der Waals surface area contributed by atoms with Crippen LogP contribution in [0.5, 0.6) is 0 Å². The van der Waals surface area contributed by atoms with Crippen LogP contribution >= 0.6 is 0 Å². The van der Waals surface area contributed by atoms with Crippen LogP contribution in [0.1, 0.15) is 0 Å². The SMILES string of the molecule is CO[Si]C=C([Si]OC)[Si]OC. The van der Waals surface area contributed by atoms with E-state index in [1.807, 2.05) is 5.70 Å². The minimum absolute atomic E-state index is 0.398. The Kier molecular flexibility index (Phi) is 8.57. The molecule has 0 spiro atoms. The Bertz CT molecular complexity index is 110. The summed E-state index contributed by atoms with van der Waals surface area (Å²) in [6, 6.07) is 0. The highest BCUT2D eigenvalue weighted by molar-refractivity contribution is 6.65. The largest absolute Gasteiger partial charge is 0.415 e. The van der Waals surface area contributed by atoms with Crippen molar-refractivity contribution in [3.8, 4) is 0 Å². The minimum atomic E-state index is 0.398. The second kappa shape index (κ2) is 8.37. The van der Waals surface area contributed by atoms with E-state index in [-0.39, 0.29) is 0 Å². The molecule has 0 unspecified atom stereocenters. The zero-order valence-electron chi connectivity index (χ0n) is 6.80. The van der Waals surface area contributed by atoms with Gasteiger partial charge in [0.15, 0.2) is 0 Å². The number of rotatable bonds is 6. The molecular formula is C5H10O3Si3. The molecule has 0 atom stereocenters. The van der Waals surface area contributed by atoms with E-state index in [4.69, 9.17) is 13.3 Å². The summed E-state index contributed by atoms with van der Waals surface area (Å²) in [6.07, 6.45) is 0. The fraction of sp³-hybridized carbons (Fsp3) is 0.600. The monoisotopic (exact) mass is 202 g/mol. The molecule has 11 heavy (non-hydrogen) atoms. The van der Waals surface area contributed by atoms with Crippen molar-refractivity contribution >= 4 is 29.3 Å². The lowest BCUT2D eigenvalue weighted by Crippen LogP contribution is -2.10. The average molecular weight is 202 g/mol. The van der Waals surface area contributed by atoms with Crippen LogP contribution in [-0.4, -0.2) is 50.6 Å². The third kappa shape index (κ3) is 6.66. The Morgan fingerprint density at radius 1 is 1.00 bits per heavy atom. The summed E-state index contributed by atoms with van der Waals surface area (Å²) < 4.78 is 14.9. The molecule has 0 aliphatic rings. The molecule has 0 aliphatic carbocycles. The molecule has 0 bridgehead atoms. The first kappa shape index (κ1) is 11.3. The predicted octanol–water partition coefficient (Wildman–Crippen LogP) is -0.418. The van der Waals surface area contributed by atoms with E-state index in [1.54, 1.807) is 21.3 Å². The summed E-state index contributed by atoms with van der Waals surface area (Å²) in [7, 11) is 6.25. The van der Waals surface area contributed by atoms with Gasteiger partial charge in [0.05, 0.1) is 0 Å². The molecule has 0 N–H and O–H groups in total. The summed E-state index contributed by atoms with van der Waals surface area (Å²) in [6.45, 7) is 0. The molecule has 0 heterocycles. The Balaban J connectivity index is 3.66. The highest BCUT2D eigenvalue weighted by Crippen LogP contribution is 1.89. The van der Waals surface area contributed by atoms with E-state index in [0.717, 1.165) is 0 Å². The van der Waals surface area contributed by atoms with E-state index in [2.05, 4.69) is 0 Å². The Morgan fingerprint density at radius 2 is 1.55 bits per heavy atom. The lowest BCUT2D eigenvalue weighted by atomic mass is 11.2. The molecule has 60 valence electrons. The van der Waals surface area contributed by atoms with Crippen molar-refractivity contribution in [2.75, 3.05) is 21.3 Å². The van der Waals surface area contributed by atoms with E-state index >= 15 is 0 Å². The summed E-state index contributed by atoms with van der Waals surface area (Å²) >= 11 is 0. The molecule has 0 saturated heterocycles. The van der Waals surface area contributed by atoms with E-state index < -0.39 is 0 Å². The molecule has 0 fully saturated rings. The van der Waals surface area contributed by atoms with Crippen molar-refractivity contribution in [3.05, 3.63) is 10.5 Å². The van der Waals surface area contributed by atoms with Crippen molar-refractivity contribution in [1.82, 2.24) is 0 Å². The van der Waals surface area contributed by atoms with Gasteiger partial charge in [-0.25, -0.2) is 0 Å². The van der Waals surface area contributed by atoms with Crippen LogP contribution in [-0.2, 0) is 13.3 Å². The number of hydrogen-bond donors (Lipinski definition) is 0. The standard InChI is InChI=1S/C5H10O3Si3/c1-6-9-4-5(10-7-2)11-8-3/h4H,1-3H3. The van der Waals surface area contributed by atoms with Crippen molar-refractivity contribution in [1.29, 1.82) is 0 Å². The van der Waals surface area contributed by atoms with Gasteiger partial charge in [0.2, 0.25) is 0 Å². The van der Waals surface area contributed by atoms with Crippen molar-refractivity contribution in [2.24, 2.45) is 0 Å². The summed E-state index contributed by atoms with van der Waals surface area (Å²) in [4.78, 5) is 1.18. The zero-order valence-corrected chi connectivity index (χ0v) is 9.80. The van der Waals surface area contributed by atoms with Gasteiger partial charge in [-0.15, -0.1) is 0 Å². The molecule has 0 saturated carbocycles.